The highest BCUT2D eigenvalue weighted by atomic mass is 32.2. The van der Waals surface area contributed by atoms with Crippen LogP contribution in [0.1, 0.15) is 17.5 Å². The van der Waals surface area contributed by atoms with Crippen molar-refractivity contribution in [2.75, 3.05) is 37.7 Å². The standard InChI is InChI=1S/C13H19N3O4S2/c17-12(15-10-1-6-22(18,19)9-10)8-16-3-4-20-11(7-16)13-14-2-5-21-13/h2,5,10-11H,1,3-4,6-9H2,(H,15,17)/t10-,11+/m0/s1. The van der Waals surface area contributed by atoms with Gasteiger partial charge in [0.1, 0.15) is 11.1 Å². The SMILES string of the molecule is O=C(CN1CCO[C@@H](c2nccs2)C1)N[C@H]1CCS(=O)(=O)C1. The van der Waals surface area contributed by atoms with Crippen molar-refractivity contribution in [3.63, 3.8) is 0 Å². The van der Waals surface area contributed by atoms with E-state index in [0.29, 0.717) is 26.1 Å². The van der Waals surface area contributed by atoms with Gasteiger partial charge in [-0.3, -0.25) is 9.69 Å². The largest absolute Gasteiger partial charge is 0.368 e. The fourth-order valence-electron chi connectivity index (χ4n) is 2.77. The minimum Gasteiger partial charge on any atom is -0.368 e. The second-order valence-corrected chi connectivity index (χ2v) is 8.79. The van der Waals surface area contributed by atoms with Crippen molar-refractivity contribution in [3.05, 3.63) is 16.6 Å². The number of sulfone groups is 1. The Labute approximate surface area is 133 Å². The summed E-state index contributed by atoms with van der Waals surface area (Å²) in [5.41, 5.74) is 0. The topological polar surface area (TPSA) is 88.6 Å². The Morgan fingerprint density at radius 3 is 3.09 bits per heavy atom. The number of thiazole rings is 1. The van der Waals surface area contributed by atoms with Crippen LogP contribution < -0.4 is 5.32 Å². The van der Waals surface area contributed by atoms with Crippen LogP contribution in [0.15, 0.2) is 11.6 Å². The highest BCUT2D eigenvalue weighted by Crippen LogP contribution is 2.23. The molecule has 2 saturated heterocycles. The van der Waals surface area contributed by atoms with Crippen LogP contribution in [0, 0.1) is 0 Å². The number of carbonyl (C=O) groups is 1. The van der Waals surface area contributed by atoms with E-state index in [4.69, 9.17) is 4.74 Å². The maximum atomic E-state index is 12.1. The molecular formula is C13H19N3O4S2. The average Bonchev–Trinajstić information content (AvgIpc) is 3.09. The summed E-state index contributed by atoms with van der Waals surface area (Å²) >= 11 is 1.55. The van der Waals surface area contributed by atoms with Crippen LogP contribution in [0.3, 0.4) is 0 Å². The molecule has 0 bridgehead atoms. The molecule has 7 nitrogen and oxygen atoms in total. The molecule has 3 rings (SSSR count). The zero-order valence-corrected chi connectivity index (χ0v) is 13.7. The van der Waals surface area contributed by atoms with Crippen molar-refractivity contribution in [2.45, 2.75) is 18.6 Å². The highest BCUT2D eigenvalue weighted by Gasteiger charge is 2.30. The Bertz CT molecular complexity index is 617. The Kier molecular flexibility index (Phi) is 4.76. The summed E-state index contributed by atoms with van der Waals surface area (Å²) in [6, 6.07) is -0.242. The first-order valence-electron chi connectivity index (χ1n) is 7.25. The van der Waals surface area contributed by atoms with E-state index in [-0.39, 0.29) is 36.1 Å². The molecule has 0 unspecified atom stereocenters. The summed E-state index contributed by atoms with van der Waals surface area (Å²) < 4.78 is 28.5. The molecule has 0 radical (unpaired) electrons. The minimum absolute atomic E-state index is 0.0591. The summed E-state index contributed by atoms with van der Waals surface area (Å²) in [4.78, 5) is 18.3. The van der Waals surface area contributed by atoms with Gasteiger partial charge in [0.05, 0.1) is 24.7 Å². The second-order valence-electron chi connectivity index (χ2n) is 5.63. The van der Waals surface area contributed by atoms with E-state index in [9.17, 15) is 13.2 Å². The van der Waals surface area contributed by atoms with Crippen molar-refractivity contribution in [2.24, 2.45) is 0 Å². The molecule has 1 aromatic heterocycles. The summed E-state index contributed by atoms with van der Waals surface area (Å²) in [5, 5.41) is 5.65. The maximum absolute atomic E-state index is 12.1. The van der Waals surface area contributed by atoms with Gasteiger partial charge < -0.3 is 10.1 Å². The average molecular weight is 345 g/mol. The molecule has 0 aliphatic carbocycles. The summed E-state index contributed by atoms with van der Waals surface area (Å²) in [7, 11) is -2.97. The summed E-state index contributed by atoms with van der Waals surface area (Å²) in [6.45, 7) is 2.15. The van der Waals surface area contributed by atoms with E-state index in [1.165, 1.54) is 0 Å². The zero-order chi connectivity index (χ0) is 15.6. The van der Waals surface area contributed by atoms with Crippen LogP contribution in [0.2, 0.25) is 0 Å². The van der Waals surface area contributed by atoms with Crippen LogP contribution in [0.4, 0.5) is 0 Å². The fraction of sp³-hybridized carbons (Fsp3) is 0.692. The molecule has 1 aromatic rings. The van der Waals surface area contributed by atoms with Gasteiger partial charge in [-0.25, -0.2) is 13.4 Å². The van der Waals surface area contributed by atoms with Gasteiger partial charge in [-0.05, 0) is 6.42 Å². The van der Waals surface area contributed by atoms with Gasteiger partial charge in [0.25, 0.3) is 0 Å². The lowest BCUT2D eigenvalue weighted by Crippen LogP contribution is -2.46. The van der Waals surface area contributed by atoms with E-state index in [1.54, 1.807) is 17.5 Å². The third kappa shape index (κ3) is 4.03. The van der Waals surface area contributed by atoms with Gasteiger partial charge in [-0.2, -0.15) is 0 Å². The van der Waals surface area contributed by atoms with Gasteiger partial charge in [0.2, 0.25) is 5.91 Å². The third-order valence-corrected chi connectivity index (χ3v) is 6.48. The Balaban J connectivity index is 1.49. The van der Waals surface area contributed by atoms with Gasteiger partial charge in [-0.1, -0.05) is 0 Å². The smallest absolute Gasteiger partial charge is 0.234 e. The van der Waals surface area contributed by atoms with E-state index in [1.807, 2.05) is 10.3 Å². The molecule has 0 saturated carbocycles. The molecule has 0 aromatic carbocycles. The lowest BCUT2D eigenvalue weighted by Gasteiger charge is -2.31. The molecule has 2 aliphatic heterocycles. The van der Waals surface area contributed by atoms with Gasteiger partial charge in [-0.15, -0.1) is 11.3 Å². The molecule has 1 amide bonds. The number of carbonyl (C=O) groups excluding carboxylic acids is 1. The van der Waals surface area contributed by atoms with Crippen molar-refractivity contribution < 1.29 is 17.9 Å². The summed E-state index contributed by atoms with van der Waals surface area (Å²) in [6.07, 6.45) is 2.17. The third-order valence-electron chi connectivity index (χ3n) is 3.84. The molecule has 22 heavy (non-hydrogen) atoms. The molecule has 2 fully saturated rings. The van der Waals surface area contributed by atoms with E-state index in [0.717, 1.165) is 5.01 Å². The molecule has 3 heterocycles. The maximum Gasteiger partial charge on any atom is 0.234 e. The Morgan fingerprint density at radius 1 is 1.55 bits per heavy atom. The number of morpholine rings is 1. The van der Waals surface area contributed by atoms with Crippen LogP contribution in [-0.4, -0.2) is 68.0 Å². The lowest BCUT2D eigenvalue weighted by molar-refractivity contribution is -0.124. The molecular weight excluding hydrogens is 326 g/mol. The van der Waals surface area contributed by atoms with Crippen molar-refractivity contribution >= 4 is 27.1 Å². The number of hydrogen-bond donors (Lipinski definition) is 1. The van der Waals surface area contributed by atoms with Crippen LogP contribution in [-0.2, 0) is 19.4 Å². The normalized spacial score (nSPS) is 28.5. The van der Waals surface area contributed by atoms with E-state index in [2.05, 4.69) is 10.3 Å². The van der Waals surface area contributed by atoms with Crippen molar-refractivity contribution in [3.8, 4) is 0 Å². The monoisotopic (exact) mass is 345 g/mol. The van der Waals surface area contributed by atoms with Crippen molar-refractivity contribution in [1.82, 2.24) is 15.2 Å². The van der Waals surface area contributed by atoms with Crippen molar-refractivity contribution in [1.29, 1.82) is 0 Å². The number of nitrogens with one attached hydrogen (secondary N) is 1. The lowest BCUT2D eigenvalue weighted by atomic mass is 10.2. The molecule has 1 N–H and O–H groups in total. The molecule has 2 aliphatic rings. The first-order chi connectivity index (χ1) is 10.5. The predicted octanol–water partition coefficient (Wildman–Crippen LogP) is -0.180. The number of ether oxygens (including phenoxy) is 1. The highest BCUT2D eigenvalue weighted by molar-refractivity contribution is 7.91. The van der Waals surface area contributed by atoms with Crippen LogP contribution >= 0.6 is 11.3 Å². The Hall–Kier alpha value is -1.03. The molecule has 0 spiro atoms. The zero-order valence-electron chi connectivity index (χ0n) is 12.1. The minimum atomic E-state index is -2.97. The quantitative estimate of drug-likeness (QED) is 0.814. The van der Waals surface area contributed by atoms with Crippen LogP contribution in [0.5, 0.6) is 0 Å². The number of nitrogens with zero attached hydrogens (tertiary/aromatic N) is 2. The number of amides is 1. The van der Waals surface area contributed by atoms with E-state index >= 15 is 0 Å². The number of rotatable bonds is 4. The fourth-order valence-corrected chi connectivity index (χ4v) is 5.12. The number of aromatic nitrogens is 1. The predicted molar refractivity (Wildman–Crippen MR) is 82.4 cm³/mol. The first kappa shape index (κ1) is 15.9. The van der Waals surface area contributed by atoms with E-state index < -0.39 is 9.84 Å². The number of hydrogen-bond acceptors (Lipinski definition) is 7. The molecule has 122 valence electrons. The van der Waals surface area contributed by atoms with Gasteiger partial charge in [0, 0.05) is 30.7 Å². The van der Waals surface area contributed by atoms with Gasteiger partial charge >= 0.3 is 0 Å². The van der Waals surface area contributed by atoms with Gasteiger partial charge in [0.15, 0.2) is 9.84 Å². The Morgan fingerprint density at radius 2 is 2.41 bits per heavy atom. The summed E-state index contributed by atoms with van der Waals surface area (Å²) in [5.74, 6) is 0.104. The first-order valence-corrected chi connectivity index (χ1v) is 9.95. The van der Waals surface area contributed by atoms with Crippen LogP contribution in [0.25, 0.3) is 0 Å². The molecule has 9 heteroatoms. The molecule has 2 atom stereocenters. The second kappa shape index (κ2) is 6.61.